The third kappa shape index (κ3) is 2.30. The van der Waals surface area contributed by atoms with Crippen LogP contribution in [0.25, 0.3) is 27.8 Å². The summed E-state index contributed by atoms with van der Waals surface area (Å²) in [5.74, 6) is 0.721. The maximum atomic E-state index is 12.7. The SMILES string of the molecule is COc1ccc(-n2nc3c4ccc(CO)c(C)c4[nH]cc-3c2=O)cc1. The van der Waals surface area contributed by atoms with E-state index in [1.54, 1.807) is 37.6 Å². The predicted octanol–water partition coefficient (Wildman–Crippen LogP) is 2.63. The van der Waals surface area contributed by atoms with Gasteiger partial charge in [0.25, 0.3) is 5.56 Å². The number of nitrogens with zero attached hydrogens (tertiary/aromatic N) is 2. The first-order valence-electron chi connectivity index (χ1n) is 7.92. The molecule has 2 aromatic carbocycles. The van der Waals surface area contributed by atoms with Gasteiger partial charge in [-0.25, -0.2) is 0 Å². The predicted molar refractivity (Wildman–Crippen MR) is 95.5 cm³/mol. The highest BCUT2D eigenvalue weighted by Gasteiger charge is 2.20. The van der Waals surface area contributed by atoms with Crippen LogP contribution >= 0.6 is 0 Å². The molecule has 6 heteroatoms. The van der Waals surface area contributed by atoms with Crippen molar-refractivity contribution in [3.8, 4) is 22.7 Å². The quantitative estimate of drug-likeness (QED) is 0.603. The molecular formula is C19H17N3O3. The van der Waals surface area contributed by atoms with E-state index in [1.807, 2.05) is 19.1 Å². The third-order valence-corrected chi connectivity index (χ3v) is 4.56. The second-order valence-corrected chi connectivity index (χ2v) is 5.90. The Kier molecular flexibility index (Phi) is 3.54. The normalized spacial score (nSPS) is 11.3. The lowest BCUT2D eigenvalue weighted by Crippen LogP contribution is -2.14. The monoisotopic (exact) mass is 335 g/mol. The number of aliphatic hydroxyl groups is 1. The minimum atomic E-state index is -0.179. The molecule has 2 aliphatic rings. The summed E-state index contributed by atoms with van der Waals surface area (Å²) in [4.78, 5) is 15.9. The van der Waals surface area contributed by atoms with E-state index in [0.717, 1.165) is 27.8 Å². The third-order valence-electron chi connectivity index (χ3n) is 4.56. The number of aryl methyl sites for hydroxylation is 1. The lowest BCUT2D eigenvalue weighted by atomic mass is 10.0. The van der Waals surface area contributed by atoms with E-state index < -0.39 is 0 Å². The van der Waals surface area contributed by atoms with Crippen LogP contribution in [0.5, 0.6) is 5.75 Å². The van der Waals surface area contributed by atoms with Crippen LogP contribution in [0.4, 0.5) is 0 Å². The first-order chi connectivity index (χ1) is 12.1. The van der Waals surface area contributed by atoms with Gasteiger partial charge in [0.05, 0.1) is 30.5 Å². The molecule has 0 atom stereocenters. The summed E-state index contributed by atoms with van der Waals surface area (Å²) in [6, 6.07) is 10.9. The van der Waals surface area contributed by atoms with Crippen molar-refractivity contribution in [3.05, 3.63) is 64.1 Å². The Hall–Kier alpha value is -3.12. The highest BCUT2D eigenvalue weighted by atomic mass is 16.5. The van der Waals surface area contributed by atoms with Crippen LogP contribution in [-0.2, 0) is 6.61 Å². The molecule has 0 aromatic heterocycles. The van der Waals surface area contributed by atoms with Crippen molar-refractivity contribution in [2.75, 3.05) is 7.11 Å². The summed E-state index contributed by atoms with van der Waals surface area (Å²) in [5, 5.41) is 14.8. The summed E-state index contributed by atoms with van der Waals surface area (Å²) in [6.45, 7) is 1.91. The molecular weight excluding hydrogens is 318 g/mol. The summed E-state index contributed by atoms with van der Waals surface area (Å²) >= 11 is 0. The highest BCUT2D eigenvalue weighted by Crippen LogP contribution is 2.29. The molecule has 0 saturated carbocycles. The fourth-order valence-electron chi connectivity index (χ4n) is 3.10. The van der Waals surface area contributed by atoms with Crippen LogP contribution in [0.3, 0.4) is 0 Å². The van der Waals surface area contributed by atoms with E-state index in [1.165, 1.54) is 4.68 Å². The maximum absolute atomic E-state index is 12.7. The number of benzene rings is 2. The number of H-pyrrole nitrogens is 1. The van der Waals surface area contributed by atoms with E-state index in [-0.39, 0.29) is 12.2 Å². The molecule has 0 saturated heterocycles. The van der Waals surface area contributed by atoms with Crippen molar-refractivity contribution < 1.29 is 9.84 Å². The van der Waals surface area contributed by atoms with E-state index in [0.29, 0.717) is 16.9 Å². The average Bonchev–Trinajstić information content (AvgIpc) is 2.99. The number of rotatable bonds is 3. The Bertz CT molecular complexity index is 1090. The standard InChI is InChI=1S/C19H17N3O3/c1-11-12(10-23)3-8-15-17(11)20-9-16-18(15)21-22(19(16)24)13-4-6-14(25-2)7-5-13/h3-9,20,23H,10H2,1-2H3. The number of methoxy groups -OCH3 is 1. The minimum Gasteiger partial charge on any atom is -0.497 e. The van der Waals surface area contributed by atoms with Crippen molar-refractivity contribution >= 4 is 10.9 Å². The van der Waals surface area contributed by atoms with Crippen molar-refractivity contribution in [2.45, 2.75) is 13.5 Å². The number of aromatic amines is 1. The number of nitrogens with one attached hydrogen (secondary N) is 1. The van der Waals surface area contributed by atoms with E-state index in [9.17, 15) is 9.90 Å². The Labute approximate surface area is 143 Å². The zero-order valence-corrected chi connectivity index (χ0v) is 13.9. The summed E-state index contributed by atoms with van der Waals surface area (Å²) in [5.41, 5.74) is 4.34. The van der Waals surface area contributed by atoms with Crippen LogP contribution < -0.4 is 10.3 Å². The molecule has 126 valence electrons. The maximum Gasteiger partial charge on any atom is 0.282 e. The number of fused-ring (bicyclic) bond motifs is 3. The van der Waals surface area contributed by atoms with Crippen LogP contribution in [0.2, 0.25) is 0 Å². The largest absolute Gasteiger partial charge is 0.497 e. The zero-order valence-electron chi connectivity index (χ0n) is 13.9. The molecule has 25 heavy (non-hydrogen) atoms. The summed E-state index contributed by atoms with van der Waals surface area (Å²) < 4.78 is 6.55. The highest BCUT2D eigenvalue weighted by molar-refractivity contribution is 5.95. The van der Waals surface area contributed by atoms with Gasteiger partial charge in [0.15, 0.2) is 0 Å². The first-order valence-corrected chi connectivity index (χ1v) is 7.92. The van der Waals surface area contributed by atoms with Gasteiger partial charge in [0, 0.05) is 11.6 Å². The van der Waals surface area contributed by atoms with Crippen molar-refractivity contribution in [1.82, 2.24) is 14.8 Å². The number of hydrogen-bond donors (Lipinski definition) is 2. The molecule has 0 radical (unpaired) electrons. The Morgan fingerprint density at radius 3 is 2.64 bits per heavy atom. The average molecular weight is 335 g/mol. The van der Waals surface area contributed by atoms with Gasteiger partial charge in [-0.3, -0.25) is 4.79 Å². The van der Waals surface area contributed by atoms with Gasteiger partial charge in [-0.1, -0.05) is 12.1 Å². The molecule has 4 rings (SSSR count). The van der Waals surface area contributed by atoms with Gasteiger partial charge in [-0.05, 0) is 42.3 Å². The molecule has 6 nitrogen and oxygen atoms in total. The number of pyridine rings is 1. The number of hydrogen-bond acceptors (Lipinski definition) is 4. The molecule has 2 heterocycles. The van der Waals surface area contributed by atoms with E-state index in [4.69, 9.17) is 4.74 Å². The van der Waals surface area contributed by atoms with Crippen molar-refractivity contribution in [1.29, 1.82) is 0 Å². The van der Waals surface area contributed by atoms with Gasteiger partial charge in [-0.15, -0.1) is 0 Å². The molecule has 2 aromatic rings. The lowest BCUT2D eigenvalue weighted by molar-refractivity contribution is 0.281. The summed E-state index contributed by atoms with van der Waals surface area (Å²) in [6.07, 6.45) is 1.68. The van der Waals surface area contributed by atoms with Crippen LogP contribution in [0.1, 0.15) is 11.1 Å². The van der Waals surface area contributed by atoms with Crippen LogP contribution in [0, 0.1) is 6.92 Å². The van der Waals surface area contributed by atoms with Gasteiger partial charge in [0.1, 0.15) is 11.4 Å². The fraction of sp³-hybridized carbons (Fsp3) is 0.158. The molecule has 0 unspecified atom stereocenters. The van der Waals surface area contributed by atoms with Gasteiger partial charge < -0.3 is 14.8 Å². The second kappa shape index (κ2) is 5.75. The van der Waals surface area contributed by atoms with E-state index in [2.05, 4.69) is 10.1 Å². The molecule has 2 N–H and O–H groups in total. The van der Waals surface area contributed by atoms with Gasteiger partial charge in [-0.2, -0.15) is 9.78 Å². The van der Waals surface area contributed by atoms with Crippen molar-refractivity contribution in [2.24, 2.45) is 0 Å². The smallest absolute Gasteiger partial charge is 0.282 e. The number of ether oxygens (including phenoxy) is 1. The number of aliphatic hydroxyl groups excluding tert-OH is 1. The van der Waals surface area contributed by atoms with Crippen LogP contribution in [0.15, 0.2) is 47.4 Å². The van der Waals surface area contributed by atoms with Gasteiger partial charge in [0.2, 0.25) is 0 Å². The molecule has 0 amide bonds. The Morgan fingerprint density at radius 2 is 1.96 bits per heavy atom. The Balaban J connectivity index is 1.97. The molecule has 0 bridgehead atoms. The molecule has 0 fully saturated rings. The Morgan fingerprint density at radius 1 is 1.20 bits per heavy atom. The fourth-order valence-corrected chi connectivity index (χ4v) is 3.10. The topological polar surface area (TPSA) is 80.1 Å². The minimum absolute atomic E-state index is 0.0270. The zero-order chi connectivity index (χ0) is 17.6. The summed E-state index contributed by atoms with van der Waals surface area (Å²) in [7, 11) is 1.60. The first kappa shape index (κ1) is 15.4. The van der Waals surface area contributed by atoms with E-state index >= 15 is 0 Å². The molecule has 0 spiro atoms. The molecule has 0 aliphatic carbocycles. The van der Waals surface area contributed by atoms with Gasteiger partial charge >= 0.3 is 0 Å². The number of aromatic nitrogens is 3. The second-order valence-electron chi connectivity index (χ2n) is 5.90. The van der Waals surface area contributed by atoms with Crippen LogP contribution in [-0.4, -0.2) is 27.0 Å². The lowest BCUT2D eigenvalue weighted by Gasteiger charge is -2.09. The molecule has 2 aliphatic heterocycles. The van der Waals surface area contributed by atoms with Crippen molar-refractivity contribution in [3.63, 3.8) is 0 Å².